The second kappa shape index (κ2) is 5.08. The first-order valence-corrected chi connectivity index (χ1v) is 6.45. The van der Waals surface area contributed by atoms with Crippen LogP contribution < -0.4 is 0 Å². The molecule has 16 heavy (non-hydrogen) atoms. The van der Waals surface area contributed by atoms with Gasteiger partial charge in [-0.2, -0.15) is 0 Å². The van der Waals surface area contributed by atoms with Crippen LogP contribution >= 0.6 is 22.9 Å². The molecule has 0 aliphatic carbocycles. The van der Waals surface area contributed by atoms with Crippen LogP contribution in [-0.2, 0) is 4.74 Å². The number of thiophene rings is 1. The van der Waals surface area contributed by atoms with Crippen molar-refractivity contribution in [3.8, 4) is 0 Å². The maximum absolute atomic E-state index is 6.10. The number of aromatic nitrogens is 2. The van der Waals surface area contributed by atoms with Gasteiger partial charge < -0.3 is 4.74 Å². The third kappa shape index (κ3) is 2.19. The zero-order valence-corrected chi connectivity index (χ0v) is 10.8. The molecule has 2 aromatic heterocycles. The van der Waals surface area contributed by atoms with E-state index in [1.54, 1.807) is 18.4 Å². The third-order valence-corrected chi connectivity index (χ3v) is 3.51. The molecule has 0 bridgehead atoms. The minimum atomic E-state index is -0.0611. The fourth-order valence-corrected chi connectivity index (χ4v) is 2.66. The summed E-state index contributed by atoms with van der Waals surface area (Å²) in [6.45, 7) is 2.11. The molecule has 86 valence electrons. The highest BCUT2D eigenvalue weighted by Gasteiger charge is 2.15. The standard InChI is InChI=1S/C11H13ClN2OS/c1-3-4-8(15-2)10-13-9(12)7-5-6-16-11(7)14-10/h5-6,8H,3-4H2,1-2H3. The van der Waals surface area contributed by atoms with Crippen LogP contribution in [0.15, 0.2) is 11.4 Å². The lowest BCUT2D eigenvalue weighted by molar-refractivity contribution is 0.0880. The Morgan fingerprint density at radius 1 is 1.50 bits per heavy atom. The van der Waals surface area contributed by atoms with Crippen LogP contribution in [0.3, 0.4) is 0 Å². The summed E-state index contributed by atoms with van der Waals surface area (Å²) in [5.74, 6) is 0.685. The summed E-state index contributed by atoms with van der Waals surface area (Å²) in [5, 5.41) is 3.40. The third-order valence-electron chi connectivity index (χ3n) is 2.42. The number of hydrogen-bond donors (Lipinski definition) is 0. The molecule has 2 heterocycles. The van der Waals surface area contributed by atoms with E-state index in [1.165, 1.54) is 0 Å². The van der Waals surface area contributed by atoms with Crippen molar-refractivity contribution in [2.75, 3.05) is 7.11 Å². The number of fused-ring (bicyclic) bond motifs is 1. The van der Waals surface area contributed by atoms with Crippen molar-refractivity contribution in [3.05, 3.63) is 22.4 Å². The van der Waals surface area contributed by atoms with Crippen LogP contribution in [0.1, 0.15) is 31.7 Å². The van der Waals surface area contributed by atoms with Crippen molar-refractivity contribution in [2.24, 2.45) is 0 Å². The largest absolute Gasteiger partial charge is 0.373 e. The molecular formula is C11H13ClN2OS. The van der Waals surface area contributed by atoms with Crippen molar-refractivity contribution in [1.29, 1.82) is 0 Å². The molecule has 0 amide bonds. The lowest BCUT2D eigenvalue weighted by Gasteiger charge is -2.12. The molecule has 1 atom stereocenters. The highest BCUT2D eigenvalue weighted by Crippen LogP contribution is 2.28. The van der Waals surface area contributed by atoms with Crippen molar-refractivity contribution in [1.82, 2.24) is 9.97 Å². The van der Waals surface area contributed by atoms with Gasteiger partial charge in [-0.15, -0.1) is 11.3 Å². The summed E-state index contributed by atoms with van der Waals surface area (Å²) in [7, 11) is 1.68. The lowest BCUT2D eigenvalue weighted by atomic mass is 10.2. The molecule has 2 rings (SSSR count). The zero-order chi connectivity index (χ0) is 11.5. The van der Waals surface area contributed by atoms with E-state index in [0.29, 0.717) is 11.0 Å². The van der Waals surface area contributed by atoms with Crippen molar-refractivity contribution in [3.63, 3.8) is 0 Å². The number of hydrogen-bond acceptors (Lipinski definition) is 4. The minimum absolute atomic E-state index is 0.0611. The highest BCUT2D eigenvalue weighted by molar-refractivity contribution is 7.16. The molecule has 0 aliphatic rings. The Labute approximate surface area is 103 Å². The molecule has 2 aromatic rings. The van der Waals surface area contributed by atoms with Crippen LogP contribution in [0.5, 0.6) is 0 Å². The predicted molar refractivity (Wildman–Crippen MR) is 67.1 cm³/mol. The van der Waals surface area contributed by atoms with Gasteiger partial charge in [0.25, 0.3) is 0 Å². The summed E-state index contributed by atoms with van der Waals surface area (Å²) in [6, 6.07) is 1.94. The molecule has 0 fully saturated rings. The smallest absolute Gasteiger partial charge is 0.160 e. The van der Waals surface area contributed by atoms with Crippen LogP contribution in [-0.4, -0.2) is 17.1 Å². The van der Waals surface area contributed by atoms with Gasteiger partial charge >= 0.3 is 0 Å². The van der Waals surface area contributed by atoms with Crippen LogP contribution in [0.25, 0.3) is 10.2 Å². The van der Waals surface area contributed by atoms with E-state index >= 15 is 0 Å². The van der Waals surface area contributed by atoms with Gasteiger partial charge in [0.15, 0.2) is 5.82 Å². The zero-order valence-electron chi connectivity index (χ0n) is 9.24. The fourth-order valence-electron chi connectivity index (χ4n) is 1.59. The molecule has 0 N–H and O–H groups in total. The van der Waals surface area contributed by atoms with E-state index in [4.69, 9.17) is 16.3 Å². The topological polar surface area (TPSA) is 35.0 Å². The Morgan fingerprint density at radius 3 is 3.00 bits per heavy atom. The fraction of sp³-hybridized carbons (Fsp3) is 0.455. The number of ether oxygens (including phenoxy) is 1. The summed E-state index contributed by atoms with van der Waals surface area (Å²) in [6.07, 6.45) is 1.88. The van der Waals surface area contributed by atoms with Gasteiger partial charge in [-0.25, -0.2) is 9.97 Å². The summed E-state index contributed by atoms with van der Waals surface area (Å²) in [5.41, 5.74) is 0. The van der Waals surface area contributed by atoms with Gasteiger partial charge in [0.05, 0.1) is 0 Å². The number of nitrogens with zero attached hydrogens (tertiary/aromatic N) is 2. The van der Waals surface area contributed by atoms with Gasteiger partial charge in [0, 0.05) is 12.5 Å². The molecule has 1 unspecified atom stereocenters. The van der Waals surface area contributed by atoms with Crippen molar-refractivity contribution in [2.45, 2.75) is 25.9 Å². The van der Waals surface area contributed by atoms with Gasteiger partial charge in [-0.3, -0.25) is 0 Å². The quantitative estimate of drug-likeness (QED) is 0.780. The molecular weight excluding hydrogens is 244 g/mol. The molecule has 5 heteroatoms. The van der Waals surface area contributed by atoms with Gasteiger partial charge in [0.2, 0.25) is 0 Å². The Bertz CT molecular complexity index is 486. The van der Waals surface area contributed by atoms with Gasteiger partial charge in [0.1, 0.15) is 16.1 Å². The van der Waals surface area contributed by atoms with Crippen molar-refractivity contribution >= 4 is 33.2 Å². The molecule has 0 aliphatic heterocycles. The summed E-state index contributed by atoms with van der Waals surface area (Å²) in [4.78, 5) is 9.71. The van der Waals surface area contributed by atoms with Gasteiger partial charge in [-0.1, -0.05) is 24.9 Å². The number of rotatable bonds is 4. The van der Waals surface area contributed by atoms with E-state index in [1.807, 2.05) is 11.4 Å². The summed E-state index contributed by atoms with van der Waals surface area (Å²) < 4.78 is 5.38. The van der Waals surface area contributed by atoms with Crippen molar-refractivity contribution < 1.29 is 4.74 Å². The monoisotopic (exact) mass is 256 g/mol. The molecule has 0 radical (unpaired) electrons. The van der Waals surface area contributed by atoms with E-state index in [-0.39, 0.29) is 6.10 Å². The first-order chi connectivity index (χ1) is 7.76. The normalized spacial score (nSPS) is 13.2. The SMILES string of the molecule is CCCC(OC)c1nc(Cl)c2ccsc2n1. The highest BCUT2D eigenvalue weighted by atomic mass is 35.5. The van der Waals surface area contributed by atoms with Crippen LogP contribution in [0, 0.1) is 0 Å². The van der Waals surface area contributed by atoms with E-state index in [0.717, 1.165) is 23.1 Å². The van der Waals surface area contributed by atoms with Crippen LogP contribution in [0.4, 0.5) is 0 Å². The molecule has 3 nitrogen and oxygen atoms in total. The molecule has 0 aromatic carbocycles. The molecule has 0 spiro atoms. The van der Waals surface area contributed by atoms with E-state index < -0.39 is 0 Å². The average molecular weight is 257 g/mol. The average Bonchev–Trinajstić information content (AvgIpc) is 2.74. The van der Waals surface area contributed by atoms with E-state index in [9.17, 15) is 0 Å². The second-order valence-electron chi connectivity index (χ2n) is 3.53. The maximum atomic E-state index is 6.10. The minimum Gasteiger partial charge on any atom is -0.373 e. The van der Waals surface area contributed by atoms with E-state index in [2.05, 4.69) is 16.9 Å². The number of halogens is 1. The Hall–Kier alpha value is -0.710. The summed E-state index contributed by atoms with van der Waals surface area (Å²) >= 11 is 7.68. The van der Waals surface area contributed by atoms with Crippen LogP contribution in [0.2, 0.25) is 5.15 Å². The Kier molecular flexibility index (Phi) is 3.74. The molecule has 0 saturated carbocycles. The first kappa shape index (κ1) is 11.8. The number of methoxy groups -OCH3 is 1. The first-order valence-electron chi connectivity index (χ1n) is 5.19. The Balaban J connectivity index is 2.43. The maximum Gasteiger partial charge on any atom is 0.160 e. The Morgan fingerprint density at radius 2 is 2.31 bits per heavy atom. The predicted octanol–water partition coefficient (Wildman–Crippen LogP) is 3.83. The second-order valence-corrected chi connectivity index (χ2v) is 4.78. The van der Waals surface area contributed by atoms with Gasteiger partial charge in [-0.05, 0) is 17.9 Å². The molecule has 0 saturated heterocycles. The lowest BCUT2D eigenvalue weighted by Crippen LogP contribution is -2.06.